The number of hydrogen-bond acceptors (Lipinski definition) is 4. The van der Waals surface area contributed by atoms with Crippen LogP contribution in [0.3, 0.4) is 0 Å². The molecule has 4 N–H and O–H groups in total. The molecule has 2 rings (SSSR count). The molecule has 18 heavy (non-hydrogen) atoms. The predicted molar refractivity (Wildman–Crippen MR) is 59.6 cm³/mol. The molecule has 98 valence electrons. The topological polar surface area (TPSA) is 119 Å². The molecular formula is C10H14N4O4. The number of carboxylic acid groups (broad SMARTS) is 1. The fourth-order valence-electron chi connectivity index (χ4n) is 1.93. The van der Waals surface area contributed by atoms with E-state index in [9.17, 15) is 14.7 Å². The molecule has 0 spiro atoms. The van der Waals surface area contributed by atoms with Crippen LogP contribution in [0.4, 0.5) is 4.79 Å². The van der Waals surface area contributed by atoms with Gasteiger partial charge in [0.1, 0.15) is 6.04 Å². The van der Waals surface area contributed by atoms with Gasteiger partial charge >= 0.3 is 12.0 Å². The zero-order valence-electron chi connectivity index (χ0n) is 9.54. The fourth-order valence-corrected chi connectivity index (χ4v) is 1.93. The number of rotatable bonds is 3. The minimum Gasteiger partial charge on any atom is -0.480 e. The van der Waals surface area contributed by atoms with E-state index < -0.39 is 24.1 Å². The molecule has 2 amide bonds. The SMILES string of the molecule is O=C(O)[C@@H]1CC(O)CN1C(=O)NCc1cnc[nH]1. The number of carbonyl (C=O) groups excluding carboxylic acids is 1. The maximum Gasteiger partial charge on any atom is 0.326 e. The molecule has 1 aliphatic heterocycles. The number of likely N-dealkylation sites (tertiary alicyclic amines) is 1. The second-order valence-corrected chi connectivity index (χ2v) is 4.13. The third-order valence-electron chi connectivity index (χ3n) is 2.81. The molecule has 1 aliphatic rings. The standard InChI is InChI=1S/C10H14N4O4/c15-7-1-8(9(16)17)14(4-7)10(18)12-3-6-2-11-5-13-6/h2,5,7-8,15H,1,3-4H2,(H,11,13)(H,12,18)(H,16,17)/t7?,8-/m0/s1. The number of nitrogens with one attached hydrogen (secondary N) is 2. The van der Waals surface area contributed by atoms with Crippen LogP contribution >= 0.6 is 0 Å². The van der Waals surface area contributed by atoms with Crippen molar-refractivity contribution in [2.24, 2.45) is 0 Å². The van der Waals surface area contributed by atoms with Crippen LogP contribution in [0.2, 0.25) is 0 Å². The number of hydrogen-bond donors (Lipinski definition) is 4. The largest absolute Gasteiger partial charge is 0.480 e. The number of H-pyrrole nitrogens is 1. The van der Waals surface area contributed by atoms with Crippen LogP contribution in [0.1, 0.15) is 12.1 Å². The molecule has 0 radical (unpaired) electrons. The summed E-state index contributed by atoms with van der Waals surface area (Å²) in [4.78, 5) is 30.5. The summed E-state index contributed by atoms with van der Waals surface area (Å²) in [6.45, 7) is 0.267. The summed E-state index contributed by atoms with van der Waals surface area (Å²) in [7, 11) is 0. The lowest BCUT2D eigenvalue weighted by Gasteiger charge is -2.21. The van der Waals surface area contributed by atoms with Crippen LogP contribution in [-0.2, 0) is 11.3 Å². The van der Waals surface area contributed by atoms with E-state index in [1.54, 1.807) is 6.20 Å². The zero-order chi connectivity index (χ0) is 13.1. The fraction of sp³-hybridized carbons (Fsp3) is 0.500. The molecule has 2 atom stereocenters. The Balaban J connectivity index is 1.93. The lowest BCUT2D eigenvalue weighted by molar-refractivity contribution is -0.141. The van der Waals surface area contributed by atoms with Crippen LogP contribution in [-0.4, -0.2) is 55.8 Å². The summed E-state index contributed by atoms with van der Waals surface area (Å²) < 4.78 is 0. The number of aliphatic hydroxyl groups excluding tert-OH is 1. The molecule has 1 fully saturated rings. The summed E-state index contributed by atoms with van der Waals surface area (Å²) in [6, 6.07) is -1.48. The first kappa shape index (κ1) is 12.4. The second-order valence-electron chi connectivity index (χ2n) is 4.13. The molecule has 1 aromatic heterocycles. The van der Waals surface area contributed by atoms with Crippen molar-refractivity contribution in [2.45, 2.75) is 25.1 Å². The first-order chi connectivity index (χ1) is 8.58. The normalized spacial score (nSPS) is 23.1. The van der Waals surface area contributed by atoms with E-state index >= 15 is 0 Å². The Bertz CT molecular complexity index is 433. The summed E-state index contributed by atoms with van der Waals surface area (Å²) in [6.07, 6.45) is 2.32. The van der Waals surface area contributed by atoms with Gasteiger partial charge in [0.15, 0.2) is 0 Å². The van der Waals surface area contributed by atoms with Gasteiger partial charge in [-0.25, -0.2) is 14.6 Å². The minimum atomic E-state index is -1.11. The number of aliphatic hydroxyl groups is 1. The quantitative estimate of drug-likeness (QED) is 0.559. The van der Waals surface area contributed by atoms with Gasteiger partial charge in [-0.3, -0.25) is 0 Å². The van der Waals surface area contributed by atoms with E-state index in [0.717, 1.165) is 10.6 Å². The number of carboxylic acids is 1. The summed E-state index contributed by atoms with van der Waals surface area (Å²) in [5, 5.41) is 20.9. The highest BCUT2D eigenvalue weighted by molar-refractivity contribution is 5.83. The summed E-state index contributed by atoms with van der Waals surface area (Å²) >= 11 is 0. The van der Waals surface area contributed by atoms with E-state index in [0.29, 0.717) is 0 Å². The molecule has 0 aliphatic carbocycles. The molecule has 8 heteroatoms. The number of nitrogens with zero attached hydrogens (tertiary/aromatic N) is 2. The first-order valence-electron chi connectivity index (χ1n) is 5.50. The number of carbonyl (C=O) groups is 2. The highest BCUT2D eigenvalue weighted by Gasteiger charge is 2.38. The van der Waals surface area contributed by atoms with Crippen LogP contribution in [0, 0.1) is 0 Å². The van der Waals surface area contributed by atoms with Crippen molar-refractivity contribution in [1.82, 2.24) is 20.2 Å². The predicted octanol–water partition coefficient (Wildman–Crippen LogP) is -0.861. The number of aromatic amines is 1. The van der Waals surface area contributed by atoms with E-state index in [4.69, 9.17) is 5.11 Å². The number of aromatic nitrogens is 2. The van der Waals surface area contributed by atoms with Gasteiger partial charge in [0.2, 0.25) is 0 Å². The van der Waals surface area contributed by atoms with Gasteiger partial charge < -0.3 is 25.4 Å². The molecule has 0 aromatic carbocycles. The Labute approximate surface area is 103 Å². The van der Waals surface area contributed by atoms with Crippen LogP contribution in [0.5, 0.6) is 0 Å². The second kappa shape index (κ2) is 5.05. The maximum absolute atomic E-state index is 11.8. The molecule has 1 saturated heterocycles. The third-order valence-corrected chi connectivity index (χ3v) is 2.81. The van der Waals surface area contributed by atoms with Crippen molar-refractivity contribution >= 4 is 12.0 Å². The van der Waals surface area contributed by atoms with E-state index in [1.165, 1.54) is 6.33 Å². The Morgan fingerprint density at radius 3 is 3.00 bits per heavy atom. The molecule has 0 bridgehead atoms. The highest BCUT2D eigenvalue weighted by Crippen LogP contribution is 2.18. The molecule has 1 unspecified atom stereocenters. The lowest BCUT2D eigenvalue weighted by atomic mass is 10.2. The molecular weight excluding hydrogens is 240 g/mol. The van der Waals surface area contributed by atoms with Gasteiger partial charge in [-0.15, -0.1) is 0 Å². The summed E-state index contributed by atoms with van der Waals surface area (Å²) in [5.41, 5.74) is 0.718. The van der Waals surface area contributed by atoms with E-state index in [2.05, 4.69) is 15.3 Å². The van der Waals surface area contributed by atoms with Gasteiger partial charge in [0, 0.05) is 19.2 Å². The minimum absolute atomic E-state index is 0.0335. The lowest BCUT2D eigenvalue weighted by Crippen LogP contribution is -2.46. The molecule has 0 saturated carbocycles. The van der Waals surface area contributed by atoms with Crippen molar-refractivity contribution in [3.63, 3.8) is 0 Å². The monoisotopic (exact) mass is 254 g/mol. The zero-order valence-corrected chi connectivity index (χ0v) is 9.54. The average molecular weight is 254 g/mol. The number of imidazole rings is 1. The van der Waals surface area contributed by atoms with Gasteiger partial charge in [-0.05, 0) is 0 Å². The van der Waals surface area contributed by atoms with Gasteiger partial charge in [-0.2, -0.15) is 0 Å². The van der Waals surface area contributed by atoms with Crippen molar-refractivity contribution in [1.29, 1.82) is 0 Å². The van der Waals surface area contributed by atoms with Crippen LogP contribution in [0.25, 0.3) is 0 Å². The van der Waals surface area contributed by atoms with Crippen molar-refractivity contribution < 1.29 is 19.8 Å². The van der Waals surface area contributed by atoms with E-state index in [1.807, 2.05) is 0 Å². The van der Waals surface area contributed by atoms with Crippen molar-refractivity contribution in [3.8, 4) is 0 Å². The Hall–Kier alpha value is -2.09. The smallest absolute Gasteiger partial charge is 0.326 e. The average Bonchev–Trinajstić information content (AvgIpc) is 2.94. The van der Waals surface area contributed by atoms with Crippen molar-refractivity contribution in [3.05, 3.63) is 18.2 Å². The Morgan fingerprint density at radius 1 is 1.61 bits per heavy atom. The molecule has 8 nitrogen and oxygen atoms in total. The first-order valence-corrected chi connectivity index (χ1v) is 5.50. The third kappa shape index (κ3) is 2.59. The van der Waals surface area contributed by atoms with Gasteiger partial charge in [-0.1, -0.05) is 0 Å². The van der Waals surface area contributed by atoms with Crippen molar-refractivity contribution in [2.75, 3.05) is 6.54 Å². The molecule has 2 heterocycles. The van der Waals surface area contributed by atoms with E-state index in [-0.39, 0.29) is 19.5 Å². The molecule has 1 aromatic rings. The number of amides is 2. The van der Waals surface area contributed by atoms with Gasteiger partial charge in [0.05, 0.1) is 24.7 Å². The number of urea groups is 1. The van der Waals surface area contributed by atoms with Gasteiger partial charge in [0.25, 0.3) is 0 Å². The Kier molecular flexibility index (Phi) is 3.47. The number of aliphatic carboxylic acids is 1. The Morgan fingerprint density at radius 2 is 2.39 bits per heavy atom. The summed E-state index contributed by atoms with van der Waals surface area (Å²) in [5.74, 6) is -1.11. The maximum atomic E-state index is 11.8. The number of β-amino-alcohol motifs (C(OH)–C–C–N with tert-alkyl or cyclic N) is 1. The highest BCUT2D eigenvalue weighted by atomic mass is 16.4. The van der Waals surface area contributed by atoms with Crippen LogP contribution < -0.4 is 5.32 Å². The van der Waals surface area contributed by atoms with Crippen LogP contribution in [0.15, 0.2) is 12.5 Å².